The van der Waals surface area contributed by atoms with Crippen LogP contribution in [0.3, 0.4) is 0 Å². The molecule has 3 aromatic rings. The maximum atomic E-state index is 14.4. The number of allylic oxidation sites excluding steroid dienone is 1. The first-order chi connectivity index (χ1) is 14.8. The maximum absolute atomic E-state index is 14.4. The number of aromatic nitrogens is 1. The molecule has 0 radical (unpaired) electrons. The van der Waals surface area contributed by atoms with E-state index in [-0.39, 0.29) is 18.9 Å². The molecule has 0 aliphatic rings. The van der Waals surface area contributed by atoms with Crippen LogP contribution in [0.2, 0.25) is 0 Å². The Labute approximate surface area is 193 Å². The van der Waals surface area contributed by atoms with Gasteiger partial charge in [0.2, 0.25) is 0 Å². The van der Waals surface area contributed by atoms with Gasteiger partial charge in [0.05, 0.1) is 6.54 Å². The van der Waals surface area contributed by atoms with Crippen molar-refractivity contribution >= 4 is 34.8 Å². The van der Waals surface area contributed by atoms with Gasteiger partial charge in [-0.25, -0.2) is 4.39 Å². The number of benzene rings is 2. The molecule has 4 nitrogen and oxygen atoms in total. The average Bonchev–Trinajstić information content (AvgIpc) is 2.94. The second kappa shape index (κ2) is 10.7. The van der Waals surface area contributed by atoms with Crippen molar-refractivity contribution in [3.05, 3.63) is 71.2 Å². The summed E-state index contributed by atoms with van der Waals surface area (Å²) in [6, 6.07) is 15.1. The van der Waals surface area contributed by atoms with E-state index in [0.717, 1.165) is 17.6 Å². The van der Waals surface area contributed by atoms with E-state index in [0.29, 0.717) is 0 Å². The van der Waals surface area contributed by atoms with Crippen LogP contribution < -0.4 is 5.73 Å². The van der Waals surface area contributed by atoms with Crippen molar-refractivity contribution in [2.24, 2.45) is 5.73 Å². The van der Waals surface area contributed by atoms with E-state index in [2.05, 4.69) is 62.6 Å². The maximum Gasteiger partial charge on any atom is 0.117 e. The monoisotopic (exact) mass is 458 g/mol. The third kappa shape index (κ3) is 6.14. The predicted octanol–water partition coefficient (Wildman–Crippen LogP) is 5.49. The van der Waals surface area contributed by atoms with Crippen LogP contribution in [0.5, 0.6) is 0 Å². The summed E-state index contributed by atoms with van der Waals surface area (Å²) in [4.78, 5) is 2.39. The lowest BCUT2D eigenvalue weighted by Crippen LogP contribution is -2.04. The van der Waals surface area contributed by atoms with Crippen LogP contribution in [0.1, 0.15) is 16.8 Å². The topological polar surface area (TPSA) is 37.4 Å². The molecule has 0 saturated carbocycles. The molecule has 2 aromatic carbocycles. The van der Waals surface area contributed by atoms with Crippen LogP contribution >= 0.6 is 23.9 Å². The van der Waals surface area contributed by atoms with E-state index in [1.54, 1.807) is 23.9 Å². The molecule has 0 saturated heterocycles. The first-order valence-corrected chi connectivity index (χ1v) is 11.8. The Hall–Kier alpha value is -1.77. The molecule has 0 spiro atoms. The number of nitrogens with zero attached hydrogens (tertiary/aromatic N) is 3. The second-order valence-corrected chi connectivity index (χ2v) is 10.6. The van der Waals surface area contributed by atoms with Gasteiger partial charge in [0, 0.05) is 32.9 Å². The minimum absolute atomic E-state index is 0.203. The number of hydrogen-bond acceptors (Lipinski definition) is 5. The van der Waals surface area contributed by atoms with E-state index >= 15 is 0 Å². The fraction of sp³-hybridized carbons (Fsp3) is 0.333. The minimum Gasteiger partial charge on any atom is -0.338 e. The summed E-state index contributed by atoms with van der Waals surface area (Å²) in [5.41, 5.74) is 10.1. The first kappa shape index (κ1) is 23.9. The highest BCUT2D eigenvalue weighted by molar-refractivity contribution is 7.97. The molecule has 1 aromatic heterocycles. The van der Waals surface area contributed by atoms with Crippen molar-refractivity contribution in [3.63, 3.8) is 0 Å². The van der Waals surface area contributed by atoms with Crippen molar-refractivity contribution < 1.29 is 4.39 Å². The van der Waals surface area contributed by atoms with Gasteiger partial charge in [-0.2, -0.15) is 0 Å². The number of hydrogen-bond donors (Lipinski definition) is 1. The molecule has 0 amide bonds. The zero-order chi connectivity index (χ0) is 22.5. The lowest BCUT2D eigenvalue weighted by molar-refractivity contribution is 0.554. The number of halogens is 1. The Bertz CT molecular complexity index is 1060. The van der Waals surface area contributed by atoms with Gasteiger partial charge in [-0.3, -0.25) is 8.61 Å². The molecule has 3 rings (SSSR count). The summed E-state index contributed by atoms with van der Waals surface area (Å²) in [7, 11) is 8.15. The highest BCUT2D eigenvalue weighted by Crippen LogP contribution is 2.33. The van der Waals surface area contributed by atoms with Crippen molar-refractivity contribution in [2.75, 3.05) is 34.7 Å². The molecule has 7 heteroatoms. The highest BCUT2D eigenvalue weighted by atomic mass is 32.2. The number of rotatable bonds is 9. The largest absolute Gasteiger partial charge is 0.338 e. The van der Waals surface area contributed by atoms with E-state index in [1.165, 1.54) is 32.4 Å². The van der Waals surface area contributed by atoms with Crippen LogP contribution in [0.4, 0.5) is 4.39 Å². The van der Waals surface area contributed by atoms with Crippen LogP contribution in [0, 0.1) is 6.92 Å². The van der Waals surface area contributed by atoms with Crippen molar-refractivity contribution in [1.29, 1.82) is 0 Å². The van der Waals surface area contributed by atoms with Crippen molar-refractivity contribution in [2.45, 2.75) is 29.7 Å². The molecule has 1 heterocycles. The Morgan fingerprint density at radius 2 is 1.61 bits per heavy atom. The highest BCUT2D eigenvalue weighted by Gasteiger charge is 2.16. The molecule has 0 aliphatic carbocycles. The van der Waals surface area contributed by atoms with Crippen molar-refractivity contribution in [1.82, 2.24) is 13.2 Å². The quantitative estimate of drug-likeness (QED) is 0.429. The third-order valence-corrected chi connectivity index (χ3v) is 6.63. The van der Waals surface area contributed by atoms with Gasteiger partial charge in [0.15, 0.2) is 0 Å². The van der Waals surface area contributed by atoms with Crippen LogP contribution in [0.25, 0.3) is 10.9 Å². The molecule has 0 atom stereocenters. The SMILES string of the molecule is Cc1c(Cc2ccc(SN(C)C)cc2)c2cc(SN(C)C)ccc2n1C/C(F)=C/CN. The van der Waals surface area contributed by atoms with Crippen molar-refractivity contribution in [3.8, 4) is 0 Å². The Morgan fingerprint density at radius 1 is 1.00 bits per heavy atom. The molecule has 0 aliphatic heterocycles. The third-order valence-electron chi connectivity index (χ3n) is 4.95. The summed E-state index contributed by atoms with van der Waals surface area (Å²) >= 11 is 3.39. The summed E-state index contributed by atoms with van der Waals surface area (Å²) in [6.45, 7) is 2.50. The molecule has 0 fully saturated rings. The smallest absolute Gasteiger partial charge is 0.117 e. The lowest BCUT2D eigenvalue weighted by atomic mass is 10.0. The molecule has 0 unspecified atom stereocenters. The molecule has 2 N–H and O–H groups in total. The van der Waals surface area contributed by atoms with E-state index in [4.69, 9.17) is 5.73 Å². The lowest BCUT2D eigenvalue weighted by Gasteiger charge is -2.10. The average molecular weight is 459 g/mol. The first-order valence-electron chi connectivity index (χ1n) is 10.2. The number of nitrogens with two attached hydrogens (primary N) is 1. The fourth-order valence-electron chi connectivity index (χ4n) is 3.65. The summed E-state index contributed by atoms with van der Waals surface area (Å²) in [6.07, 6.45) is 2.25. The van der Waals surface area contributed by atoms with Gasteiger partial charge in [-0.1, -0.05) is 12.1 Å². The second-order valence-electron chi connectivity index (χ2n) is 7.84. The van der Waals surface area contributed by atoms with E-state index in [9.17, 15) is 4.39 Å². The standard InChI is InChI=1S/C24H31FN4S2/c1-17-22(14-18-6-8-20(9-7-18)30-27(2)3)23-15-21(31-28(4)5)10-11-24(23)29(17)16-19(25)12-13-26/h6-12,15H,13-14,16,26H2,1-5H3/b19-12-. The van der Waals surface area contributed by atoms with E-state index in [1.807, 2.05) is 28.2 Å². The Morgan fingerprint density at radius 3 is 2.23 bits per heavy atom. The Kier molecular flexibility index (Phi) is 8.24. The van der Waals surface area contributed by atoms with Crippen LogP contribution in [0.15, 0.2) is 64.2 Å². The summed E-state index contributed by atoms with van der Waals surface area (Å²) < 4.78 is 20.6. The molecule has 0 bridgehead atoms. The summed E-state index contributed by atoms with van der Waals surface area (Å²) in [5, 5.41) is 1.18. The van der Waals surface area contributed by atoms with Crippen LogP contribution in [-0.2, 0) is 13.0 Å². The fourth-order valence-corrected chi connectivity index (χ4v) is 5.05. The molecular formula is C24H31FN4S2. The number of fused-ring (bicyclic) bond motifs is 1. The van der Waals surface area contributed by atoms with Gasteiger partial charge in [-0.15, -0.1) is 0 Å². The van der Waals surface area contributed by atoms with Gasteiger partial charge in [0.1, 0.15) is 5.83 Å². The predicted molar refractivity (Wildman–Crippen MR) is 133 cm³/mol. The summed E-state index contributed by atoms with van der Waals surface area (Å²) in [5.74, 6) is -0.203. The van der Waals surface area contributed by atoms with Gasteiger partial charge < -0.3 is 10.3 Å². The Balaban J connectivity index is 2.03. The minimum atomic E-state index is -0.203. The zero-order valence-electron chi connectivity index (χ0n) is 18.9. The van der Waals surface area contributed by atoms with Gasteiger partial charge in [-0.05, 0) is 113 Å². The van der Waals surface area contributed by atoms with Gasteiger partial charge >= 0.3 is 0 Å². The van der Waals surface area contributed by atoms with Gasteiger partial charge in [0.25, 0.3) is 0 Å². The molecule has 166 valence electrons. The zero-order valence-corrected chi connectivity index (χ0v) is 20.5. The molecule has 31 heavy (non-hydrogen) atoms. The normalized spacial score (nSPS) is 12.5. The van der Waals surface area contributed by atoms with E-state index < -0.39 is 0 Å². The van der Waals surface area contributed by atoms with Crippen LogP contribution in [-0.4, -0.2) is 47.9 Å². The molecular weight excluding hydrogens is 427 g/mol.